The van der Waals surface area contributed by atoms with Gasteiger partial charge in [-0.2, -0.15) is 18.4 Å². The molecule has 3 aromatic carbocycles. The fourth-order valence-electron chi connectivity index (χ4n) is 3.88. The molecule has 0 aliphatic rings. The molecule has 1 aromatic heterocycles. The Balaban J connectivity index is 1.67. The van der Waals surface area contributed by atoms with Crippen LogP contribution in [0.2, 0.25) is 5.02 Å². The lowest BCUT2D eigenvalue weighted by Gasteiger charge is -2.27. The lowest BCUT2D eigenvalue weighted by Crippen LogP contribution is -2.30. The van der Waals surface area contributed by atoms with Gasteiger partial charge in [0.2, 0.25) is 10.0 Å². The van der Waals surface area contributed by atoms with Gasteiger partial charge in [0, 0.05) is 11.4 Å². The third kappa shape index (κ3) is 7.24. The molecule has 4 aromatic rings. The Morgan fingerprint density at radius 1 is 1.05 bits per heavy atom. The number of sulfonamides is 1. The number of fused-ring (bicyclic) bond motifs is 1. The molecule has 0 aliphatic carbocycles. The molecule has 0 aliphatic heterocycles. The molecule has 208 valence electrons. The van der Waals surface area contributed by atoms with Gasteiger partial charge in [-0.3, -0.25) is 9.71 Å². The smallest absolute Gasteiger partial charge is 0.406 e. The highest BCUT2D eigenvalue weighted by molar-refractivity contribution is 7.92. The summed E-state index contributed by atoms with van der Waals surface area (Å²) in [6, 6.07) is 16.0. The monoisotopic (exact) mass is 609 g/mol. The minimum absolute atomic E-state index is 0.0184. The molecule has 4 rings (SSSR count). The van der Waals surface area contributed by atoms with E-state index in [0.717, 1.165) is 16.7 Å². The maximum absolute atomic E-state index is 13.6. The number of aromatic nitrogens is 2. The van der Waals surface area contributed by atoms with Gasteiger partial charge in [-0.15, -0.1) is 11.6 Å². The molecule has 8 nitrogen and oxygen atoms in total. The van der Waals surface area contributed by atoms with E-state index in [1.165, 1.54) is 30.5 Å². The van der Waals surface area contributed by atoms with Crippen LogP contribution in [0, 0.1) is 11.3 Å². The average Bonchev–Trinajstić information content (AvgIpc) is 2.89. The van der Waals surface area contributed by atoms with Crippen LogP contribution in [0.25, 0.3) is 22.2 Å². The van der Waals surface area contributed by atoms with Crippen LogP contribution in [0.4, 0.5) is 30.4 Å². The molecule has 14 heteroatoms. The lowest BCUT2D eigenvalue weighted by molar-refractivity contribution is -0.118. The number of benzene rings is 3. The lowest BCUT2D eigenvalue weighted by atomic mass is 10.0. The van der Waals surface area contributed by atoms with E-state index in [1.54, 1.807) is 30.3 Å². The Morgan fingerprint density at radius 2 is 1.75 bits per heavy atom. The summed E-state index contributed by atoms with van der Waals surface area (Å²) in [6.45, 7) is -1.26. The normalized spacial score (nSPS) is 11.7. The third-order valence-electron chi connectivity index (χ3n) is 5.47. The summed E-state index contributed by atoms with van der Waals surface area (Å²) in [5, 5.41) is 9.53. The number of nitrogens with one attached hydrogen (secondary N) is 1. The summed E-state index contributed by atoms with van der Waals surface area (Å²) in [5.74, 6) is 0.269. The minimum Gasteiger partial charge on any atom is -0.489 e. The highest BCUT2D eigenvalue weighted by atomic mass is 35.5. The maximum Gasteiger partial charge on any atom is 0.406 e. The summed E-state index contributed by atoms with van der Waals surface area (Å²) < 4.78 is 71.3. The Kier molecular flexibility index (Phi) is 8.58. The number of hydrogen-bond donors (Lipinski definition) is 1. The molecule has 0 radical (unpaired) electrons. The van der Waals surface area contributed by atoms with Crippen LogP contribution < -0.4 is 14.4 Å². The molecule has 1 heterocycles. The highest BCUT2D eigenvalue weighted by Gasteiger charge is 2.32. The van der Waals surface area contributed by atoms with E-state index >= 15 is 0 Å². The Hall–Kier alpha value is -3.79. The van der Waals surface area contributed by atoms with E-state index in [1.807, 2.05) is 6.07 Å². The molecular formula is C26H20Cl2F3N5O3S. The van der Waals surface area contributed by atoms with Crippen LogP contribution >= 0.6 is 23.2 Å². The molecule has 0 fully saturated rings. The van der Waals surface area contributed by atoms with Gasteiger partial charge in [0.15, 0.2) is 11.6 Å². The van der Waals surface area contributed by atoms with E-state index in [4.69, 9.17) is 27.9 Å². The predicted molar refractivity (Wildman–Crippen MR) is 149 cm³/mol. The predicted octanol–water partition coefficient (Wildman–Crippen LogP) is 6.51. The summed E-state index contributed by atoms with van der Waals surface area (Å²) in [7, 11) is -3.51. The van der Waals surface area contributed by atoms with Crippen molar-refractivity contribution in [2.75, 3.05) is 34.9 Å². The fourth-order valence-corrected chi connectivity index (χ4v) is 4.70. The zero-order valence-corrected chi connectivity index (χ0v) is 23.0. The molecule has 0 saturated heterocycles. The average molecular weight is 610 g/mol. The molecule has 0 bridgehead atoms. The van der Waals surface area contributed by atoms with Crippen molar-refractivity contribution >= 4 is 61.5 Å². The number of nitriles is 1. The van der Waals surface area contributed by atoms with Gasteiger partial charge in [-0.1, -0.05) is 29.8 Å². The van der Waals surface area contributed by atoms with E-state index in [9.17, 15) is 26.9 Å². The first kappa shape index (κ1) is 29.2. The van der Waals surface area contributed by atoms with Crippen molar-refractivity contribution < 1.29 is 26.3 Å². The van der Waals surface area contributed by atoms with E-state index in [0.29, 0.717) is 16.6 Å². The third-order valence-corrected chi connectivity index (χ3v) is 6.48. The number of hydrogen-bond acceptors (Lipinski definition) is 7. The molecular weight excluding hydrogens is 590 g/mol. The number of halogens is 5. The minimum atomic E-state index is -4.56. The number of rotatable bonds is 9. The molecule has 0 unspecified atom stereocenters. The largest absolute Gasteiger partial charge is 0.489 e. The number of alkyl halides is 4. The fraction of sp³-hybridized carbons (Fsp3) is 0.192. The Bertz CT molecular complexity index is 1700. The van der Waals surface area contributed by atoms with Crippen LogP contribution in [-0.2, 0) is 10.0 Å². The summed E-state index contributed by atoms with van der Waals surface area (Å²) in [5.41, 5.74) is 2.61. The van der Waals surface area contributed by atoms with Crippen molar-refractivity contribution in [1.29, 1.82) is 5.26 Å². The molecule has 0 atom stereocenters. The maximum atomic E-state index is 13.6. The van der Waals surface area contributed by atoms with Gasteiger partial charge in [0.25, 0.3) is 0 Å². The second-order valence-electron chi connectivity index (χ2n) is 8.53. The summed E-state index contributed by atoms with van der Waals surface area (Å²) in [4.78, 5) is 9.48. The van der Waals surface area contributed by atoms with E-state index < -0.39 is 22.7 Å². The first-order valence-corrected chi connectivity index (χ1v) is 14.3. The van der Waals surface area contributed by atoms with Gasteiger partial charge in [0.05, 0.1) is 40.0 Å². The Labute approximate surface area is 238 Å². The molecule has 1 N–H and O–H groups in total. The summed E-state index contributed by atoms with van der Waals surface area (Å²) >= 11 is 11.9. The van der Waals surface area contributed by atoms with Crippen molar-refractivity contribution in [3.8, 4) is 22.9 Å². The van der Waals surface area contributed by atoms with Gasteiger partial charge >= 0.3 is 6.18 Å². The summed E-state index contributed by atoms with van der Waals surface area (Å²) in [6.07, 6.45) is -2.27. The zero-order chi connectivity index (χ0) is 29.1. The van der Waals surface area contributed by atoms with Crippen LogP contribution in [0.5, 0.6) is 5.75 Å². The van der Waals surface area contributed by atoms with Crippen molar-refractivity contribution in [1.82, 2.24) is 9.97 Å². The standard InChI is InChI=1S/C26H20Cl2F3N5O3S/c1-40(37,38)35-24-14-33-23-11-17(4-7-22(23)34-24)16-2-5-19(6-3-16)36(15-26(29,30)31)20-10-18(13-32)25(21(28)12-20)39-9-8-27/h2-7,10-12,14H,8-9,15H2,1H3,(H,34,35). The van der Waals surface area contributed by atoms with Crippen LogP contribution in [0.3, 0.4) is 0 Å². The highest BCUT2D eigenvalue weighted by Crippen LogP contribution is 2.38. The first-order chi connectivity index (χ1) is 18.9. The van der Waals surface area contributed by atoms with E-state index in [-0.39, 0.29) is 46.0 Å². The molecule has 0 amide bonds. The van der Waals surface area contributed by atoms with Gasteiger partial charge in [-0.05, 0) is 47.5 Å². The quantitative estimate of drug-likeness (QED) is 0.215. The van der Waals surface area contributed by atoms with Crippen LogP contribution in [0.15, 0.2) is 60.8 Å². The van der Waals surface area contributed by atoms with Crippen molar-refractivity contribution in [3.05, 3.63) is 71.4 Å². The number of ether oxygens (including phenoxy) is 1. The van der Waals surface area contributed by atoms with Crippen LogP contribution in [0.1, 0.15) is 5.56 Å². The topological polar surface area (TPSA) is 108 Å². The van der Waals surface area contributed by atoms with Crippen molar-refractivity contribution in [2.24, 2.45) is 0 Å². The molecule has 0 saturated carbocycles. The number of anilines is 3. The van der Waals surface area contributed by atoms with Crippen LogP contribution in [-0.4, -0.2) is 49.8 Å². The first-order valence-electron chi connectivity index (χ1n) is 11.5. The molecule has 0 spiro atoms. The second kappa shape index (κ2) is 11.8. The van der Waals surface area contributed by atoms with Gasteiger partial charge in [-0.25, -0.2) is 13.4 Å². The second-order valence-corrected chi connectivity index (χ2v) is 11.1. The van der Waals surface area contributed by atoms with Crippen molar-refractivity contribution in [3.63, 3.8) is 0 Å². The SMILES string of the molecule is CS(=O)(=O)Nc1cnc2cc(-c3ccc(N(CC(F)(F)F)c4cc(Cl)c(OCCCl)c(C#N)c4)cc3)ccc2n1. The van der Waals surface area contributed by atoms with Gasteiger partial charge in [0.1, 0.15) is 19.2 Å². The van der Waals surface area contributed by atoms with E-state index in [2.05, 4.69) is 14.7 Å². The Morgan fingerprint density at radius 3 is 2.38 bits per heavy atom. The zero-order valence-electron chi connectivity index (χ0n) is 20.7. The number of nitrogens with zero attached hydrogens (tertiary/aromatic N) is 4. The molecule has 40 heavy (non-hydrogen) atoms. The van der Waals surface area contributed by atoms with Crippen molar-refractivity contribution in [2.45, 2.75) is 6.18 Å². The van der Waals surface area contributed by atoms with Gasteiger partial charge < -0.3 is 9.64 Å².